The lowest BCUT2D eigenvalue weighted by atomic mass is 10.2. The molecular weight excluding hydrogens is 274 g/mol. The van der Waals surface area contributed by atoms with E-state index in [2.05, 4.69) is 5.10 Å². The van der Waals surface area contributed by atoms with E-state index in [1.807, 2.05) is 0 Å². The number of carboxylic acids is 1. The molecular formula is C12H8F2N2O4. The van der Waals surface area contributed by atoms with E-state index in [4.69, 9.17) is 5.11 Å². The number of carbonyl (C=O) groups is 1. The monoisotopic (exact) mass is 282 g/mol. The van der Waals surface area contributed by atoms with Crippen LogP contribution in [0.25, 0.3) is 5.69 Å². The Hall–Kier alpha value is -2.77. The highest BCUT2D eigenvalue weighted by atomic mass is 19.2. The van der Waals surface area contributed by atoms with Gasteiger partial charge in [-0.05, 0) is 12.1 Å². The zero-order valence-electron chi connectivity index (χ0n) is 9.88. The highest BCUT2D eigenvalue weighted by Crippen LogP contribution is 2.15. The van der Waals surface area contributed by atoms with Crippen molar-refractivity contribution in [1.82, 2.24) is 9.78 Å². The van der Waals surface area contributed by atoms with Gasteiger partial charge in [-0.3, -0.25) is 9.59 Å². The van der Waals surface area contributed by atoms with Crippen LogP contribution in [0.15, 0.2) is 29.1 Å². The second-order valence-corrected chi connectivity index (χ2v) is 3.90. The quantitative estimate of drug-likeness (QED) is 0.870. The number of benzene rings is 1. The lowest BCUT2D eigenvalue weighted by molar-refractivity contribution is -0.136. The van der Waals surface area contributed by atoms with Crippen LogP contribution in [0.1, 0.15) is 5.69 Å². The summed E-state index contributed by atoms with van der Waals surface area (Å²) >= 11 is 0. The van der Waals surface area contributed by atoms with Gasteiger partial charge in [-0.1, -0.05) is 0 Å². The number of aromatic nitrogens is 2. The Balaban J connectivity index is 2.58. The van der Waals surface area contributed by atoms with Crippen LogP contribution >= 0.6 is 0 Å². The van der Waals surface area contributed by atoms with Gasteiger partial charge in [-0.2, -0.15) is 9.78 Å². The van der Waals surface area contributed by atoms with Crippen LogP contribution < -0.4 is 5.56 Å². The predicted octanol–water partition coefficient (Wildman–Crippen LogP) is 0.843. The van der Waals surface area contributed by atoms with Crippen molar-refractivity contribution in [2.45, 2.75) is 6.42 Å². The van der Waals surface area contributed by atoms with Crippen LogP contribution in [0.4, 0.5) is 8.78 Å². The van der Waals surface area contributed by atoms with Crippen molar-refractivity contribution < 1.29 is 23.8 Å². The Labute approximate surface area is 110 Å². The molecule has 2 aromatic rings. The largest absolute Gasteiger partial charge is 0.506 e. The van der Waals surface area contributed by atoms with Gasteiger partial charge >= 0.3 is 5.97 Å². The molecule has 0 saturated heterocycles. The van der Waals surface area contributed by atoms with E-state index in [0.29, 0.717) is 4.68 Å². The standard InChI is InChI=1S/C12H8F2N2O4/c13-7-2-1-6(3-8(7)14)16-11(18)5-10(17)9(15-16)4-12(19)20/h1-3,5,17H,4H2,(H,19,20). The SMILES string of the molecule is O=C(O)Cc1nn(-c2ccc(F)c(F)c2)c(=O)cc1O. The lowest BCUT2D eigenvalue weighted by Crippen LogP contribution is -2.22. The lowest BCUT2D eigenvalue weighted by Gasteiger charge is -2.08. The van der Waals surface area contributed by atoms with E-state index < -0.39 is 35.3 Å². The van der Waals surface area contributed by atoms with Gasteiger partial charge in [0, 0.05) is 12.1 Å². The molecule has 0 aliphatic carbocycles. The molecule has 0 aliphatic rings. The minimum absolute atomic E-state index is 0.0828. The molecule has 20 heavy (non-hydrogen) atoms. The van der Waals surface area contributed by atoms with Crippen LogP contribution in [0.5, 0.6) is 5.75 Å². The molecule has 8 heteroatoms. The molecule has 1 heterocycles. The average molecular weight is 282 g/mol. The van der Waals surface area contributed by atoms with E-state index in [9.17, 15) is 23.5 Å². The molecule has 104 valence electrons. The minimum atomic E-state index is -1.26. The van der Waals surface area contributed by atoms with Gasteiger partial charge in [0.25, 0.3) is 5.56 Å². The van der Waals surface area contributed by atoms with Crippen LogP contribution in [0.2, 0.25) is 0 Å². The molecule has 0 saturated carbocycles. The van der Waals surface area contributed by atoms with Gasteiger partial charge in [-0.25, -0.2) is 8.78 Å². The minimum Gasteiger partial charge on any atom is -0.506 e. The molecule has 0 atom stereocenters. The predicted molar refractivity (Wildman–Crippen MR) is 62.8 cm³/mol. The zero-order valence-corrected chi connectivity index (χ0v) is 9.88. The Kier molecular flexibility index (Phi) is 3.47. The van der Waals surface area contributed by atoms with Gasteiger partial charge in [0.2, 0.25) is 0 Å². The third-order valence-corrected chi connectivity index (χ3v) is 2.45. The second kappa shape index (κ2) is 5.08. The first-order valence-corrected chi connectivity index (χ1v) is 5.38. The molecule has 0 unspecified atom stereocenters. The maximum atomic E-state index is 13.1. The highest BCUT2D eigenvalue weighted by Gasteiger charge is 2.13. The average Bonchev–Trinajstić information content (AvgIpc) is 2.36. The Morgan fingerprint density at radius 1 is 1.25 bits per heavy atom. The summed E-state index contributed by atoms with van der Waals surface area (Å²) < 4.78 is 26.6. The van der Waals surface area contributed by atoms with Gasteiger partial charge in [0.15, 0.2) is 11.6 Å². The molecule has 0 radical (unpaired) electrons. The summed E-state index contributed by atoms with van der Waals surface area (Å²) in [5.74, 6) is -4.10. The topological polar surface area (TPSA) is 92.4 Å². The molecule has 0 bridgehead atoms. The smallest absolute Gasteiger partial charge is 0.309 e. The van der Waals surface area contributed by atoms with Crippen LogP contribution in [0.3, 0.4) is 0 Å². The summed E-state index contributed by atoms with van der Waals surface area (Å²) in [6.45, 7) is 0. The number of nitrogens with zero attached hydrogens (tertiary/aromatic N) is 2. The molecule has 2 N–H and O–H groups in total. The Morgan fingerprint density at radius 3 is 2.55 bits per heavy atom. The number of carboxylic acid groups (broad SMARTS) is 1. The number of rotatable bonds is 3. The van der Waals surface area contributed by atoms with Gasteiger partial charge in [0.1, 0.15) is 11.4 Å². The first-order chi connectivity index (χ1) is 9.38. The molecule has 6 nitrogen and oxygen atoms in total. The van der Waals surface area contributed by atoms with Crippen molar-refractivity contribution >= 4 is 5.97 Å². The maximum absolute atomic E-state index is 13.1. The highest BCUT2D eigenvalue weighted by molar-refractivity contribution is 5.70. The van der Waals surface area contributed by atoms with E-state index in [1.54, 1.807) is 0 Å². The first kappa shape index (κ1) is 13.7. The molecule has 0 fully saturated rings. The van der Waals surface area contributed by atoms with Crippen LogP contribution in [0, 0.1) is 11.6 Å². The van der Waals surface area contributed by atoms with Gasteiger partial charge in [0.05, 0.1) is 12.1 Å². The molecule has 1 aromatic carbocycles. The van der Waals surface area contributed by atoms with Crippen molar-refractivity contribution in [3.05, 3.63) is 51.9 Å². The van der Waals surface area contributed by atoms with Crippen molar-refractivity contribution in [1.29, 1.82) is 0 Å². The van der Waals surface area contributed by atoms with Crippen molar-refractivity contribution in [3.8, 4) is 11.4 Å². The summed E-state index contributed by atoms with van der Waals surface area (Å²) in [6, 6.07) is 3.41. The number of hydrogen-bond acceptors (Lipinski definition) is 4. The van der Waals surface area contributed by atoms with E-state index in [0.717, 1.165) is 24.3 Å². The fraction of sp³-hybridized carbons (Fsp3) is 0.0833. The van der Waals surface area contributed by atoms with Crippen LogP contribution in [-0.4, -0.2) is 26.0 Å². The Morgan fingerprint density at radius 2 is 1.95 bits per heavy atom. The zero-order chi connectivity index (χ0) is 14.9. The summed E-state index contributed by atoms with van der Waals surface area (Å²) in [4.78, 5) is 22.3. The number of hydrogen-bond donors (Lipinski definition) is 2. The second-order valence-electron chi connectivity index (χ2n) is 3.90. The first-order valence-electron chi connectivity index (χ1n) is 5.38. The van der Waals surface area contributed by atoms with Gasteiger partial charge < -0.3 is 10.2 Å². The molecule has 0 spiro atoms. The van der Waals surface area contributed by atoms with Crippen molar-refractivity contribution in [2.75, 3.05) is 0 Å². The summed E-state index contributed by atoms with van der Waals surface area (Å²) in [5, 5.41) is 21.7. The summed E-state index contributed by atoms with van der Waals surface area (Å²) in [5.41, 5.74) is -1.15. The van der Waals surface area contributed by atoms with Crippen molar-refractivity contribution in [2.24, 2.45) is 0 Å². The Bertz CT molecular complexity index is 743. The third kappa shape index (κ3) is 2.63. The van der Waals surface area contributed by atoms with E-state index in [1.165, 1.54) is 0 Å². The fourth-order valence-corrected chi connectivity index (χ4v) is 1.55. The van der Waals surface area contributed by atoms with Crippen molar-refractivity contribution in [3.63, 3.8) is 0 Å². The van der Waals surface area contributed by atoms with Crippen LogP contribution in [-0.2, 0) is 11.2 Å². The van der Waals surface area contributed by atoms with E-state index in [-0.39, 0.29) is 11.4 Å². The third-order valence-electron chi connectivity index (χ3n) is 2.45. The fourth-order valence-electron chi connectivity index (χ4n) is 1.55. The molecule has 0 amide bonds. The maximum Gasteiger partial charge on any atom is 0.309 e. The number of aromatic hydroxyl groups is 1. The molecule has 2 rings (SSSR count). The van der Waals surface area contributed by atoms with E-state index >= 15 is 0 Å². The summed E-state index contributed by atoms with van der Waals surface area (Å²) in [7, 11) is 0. The summed E-state index contributed by atoms with van der Waals surface area (Å²) in [6.07, 6.45) is -0.615. The molecule has 1 aromatic heterocycles. The molecule has 0 aliphatic heterocycles. The normalized spacial score (nSPS) is 10.5. The number of halogens is 2. The van der Waals surface area contributed by atoms with Gasteiger partial charge in [-0.15, -0.1) is 0 Å². The number of aliphatic carboxylic acids is 1.